The van der Waals surface area contributed by atoms with Gasteiger partial charge < -0.3 is 37.0 Å². The van der Waals surface area contributed by atoms with Crippen LogP contribution in [0.5, 0.6) is 5.75 Å². The van der Waals surface area contributed by atoms with Crippen LogP contribution in [0.2, 0.25) is 0 Å². The smallest absolute Gasteiger partial charge is 0.326 e. The van der Waals surface area contributed by atoms with Crippen LogP contribution in [0.3, 0.4) is 0 Å². The van der Waals surface area contributed by atoms with Crippen molar-refractivity contribution < 1.29 is 34.5 Å². The highest BCUT2D eigenvalue weighted by atomic mass is 32.2. The number of hydrogen-bond donors (Lipinski definition) is 7. The standard InChI is InChI=1S/C23H36N4O7S/c1-13(2)10-19(23(33)34)27-22(32)18(11-14-4-6-15(29)7-5-14)26-21(31)17(8-9-35-3)25-20(30)16(24)12-28/h4-7,13,16-19,28-29H,8-12,24H2,1-3H3,(H,25,30)(H,26,31)(H,27,32)(H,33,34). The third-order valence-electron chi connectivity index (χ3n) is 5.11. The lowest BCUT2D eigenvalue weighted by Crippen LogP contribution is -2.58. The van der Waals surface area contributed by atoms with Crippen molar-refractivity contribution in [3.63, 3.8) is 0 Å². The molecule has 0 radical (unpaired) electrons. The molecular formula is C23H36N4O7S. The summed E-state index contributed by atoms with van der Waals surface area (Å²) < 4.78 is 0. The van der Waals surface area contributed by atoms with Crippen molar-refractivity contribution in [3.05, 3.63) is 29.8 Å². The number of amides is 3. The Labute approximate surface area is 209 Å². The molecule has 0 saturated carbocycles. The van der Waals surface area contributed by atoms with Crippen LogP contribution in [-0.2, 0) is 25.6 Å². The van der Waals surface area contributed by atoms with Crippen molar-refractivity contribution in [2.45, 2.75) is 57.3 Å². The second kappa shape index (κ2) is 15.2. The number of rotatable bonds is 15. The van der Waals surface area contributed by atoms with Gasteiger partial charge >= 0.3 is 5.97 Å². The first-order chi connectivity index (χ1) is 16.5. The summed E-state index contributed by atoms with van der Waals surface area (Å²) in [6.45, 7) is 3.06. The number of carboxylic acid groups (broad SMARTS) is 1. The maximum Gasteiger partial charge on any atom is 0.326 e. The van der Waals surface area contributed by atoms with E-state index in [4.69, 9.17) is 10.8 Å². The molecule has 1 aromatic rings. The molecule has 0 spiro atoms. The molecule has 1 rings (SSSR count). The molecule has 0 saturated heterocycles. The molecule has 0 fully saturated rings. The topological polar surface area (TPSA) is 191 Å². The first-order valence-electron chi connectivity index (χ1n) is 11.3. The van der Waals surface area contributed by atoms with Gasteiger partial charge in [0, 0.05) is 6.42 Å². The second-order valence-electron chi connectivity index (χ2n) is 8.59. The van der Waals surface area contributed by atoms with Crippen molar-refractivity contribution in [2.75, 3.05) is 18.6 Å². The van der Waals surface area contributed by atoms with Crippen LogP contribution in [0.25, 0.3) is 0 Å². The van der Waals surface area contributed by atoms with Crippen molar-refractivity contribution in [1.82, 2.24) is 16.0 Å². The lowest BCUT2D eigenvalue weighted by Gasteiger charge is -2.25. The Hall–Kier alpha value is -2.83. The number of phenolic OH excluding ortho intramolecular Hbond substituents is 1. The Morgan fingerprint density at radius 3 is 2.00 bits per heavy atom. The summed E-state index contributed by atoms with van der Waals surface area (Å²) in [5.41, 5.74) is 6.16. The minimum atomic E-state index is -1.21. The fourth-order valence-electron chi connectivity index (χ4n) is 3.18. The highest BCUT2D eigenvalue weighted by Gasteiger charge is 2.30. The van der Waals surface area contributed by atoms with Gasteiger partial charge in [0.2, 0.25) is 17.7 Å². The highest BCUT2D eigenvalue weighted by Crippen LogP contribution is 2.13. The van der Waals surface area contributed by atoms with E-state index in [0.29, 0.717) is 11.3 Å². The molecule has 0 aliphatic carbocycles. The van der Waals surface area contributed by atoms with E-state index in [-0.39, 0.29) is 30.9 Å². The van der Waals surface area contributed by atoms with Crippen LogP contribution >= 0.6 is 11.8 Å². The zero-order valence-electron chi connectivity index (χ0n) is 20.2. The van der Waals surface area contributed by atoms with Crippen molar-refractivity contribution >= 4 is 35.5 Å². The number of aliphatic hydroxyl groups is 1. The third kappa shape index (κ3) is 11.0. The van der Waals surface area contributed by atoms with E-state index in [0.717, 1.165) is 0 Å². The van der Waals surface area contributed by atoms with Crippen molar-refractivity contribution in [1.29, 1.82) is 0 Å². The van der Waals surface area contributed by atoms with E-state index >= 15 is 0 Å². The predicted octanol–water partition coefficient (Wildman–Crippen LogP) is -0.407. The quantitative estimate of drug-likeness (QED) is 0.164. The second-order valence-corrected chi connectivity index (χ2v) is 9.58. The zero-order chi connectivity index (χ0) is 26.5. The summed E-state index contributed by atoms with van der Waals surface area (Å²) in [6, 6.07) is 1.51. The highest BCUT2D eigenvalue weighted by molar-refractivity contribution is 7.98. The summed E-state index contributed by atoms with van der Waals surface area (Å²) in [6.07, 6.45) is 2.30. The summed E-state index contributed by atoms with van der Waals surface area (Å²) in [5, 5.41) is 35.7. The number of aromatic hydroxyl groups is 1. The number of carboxylic acids is 1. The maximum absolute atomic E-state index is 13.1. The van der Waals surface area contributed by atoms with Gasteiger partial charge in [0.15, 0.2) is 0 Å². The number of nitrogens with two attached hydrogens (primary N) is 1. The van der Waals surface area contributed by atoms with Crippen LogP contribution < -0.4 is 21.7 Å². The Morgan fingerprint density at radius 2 is 1.49 bits per heavy atom. The number of phenols is 1. The molecule has 12 heteroatoms. The largest absolute Gasteiger partial charge is 0.508 e. The molecule has 0 bridgehead atoms. The number of benzene rings is 1. The van der Waals surface area contributed by atoms with Gasteiger partial charge in [-0.2, -0.15) is 11.8 Å². The Kier molecular flexibility index (Phi) is 13.1. The molecule has 8 N–H and O–H groups in total. The SMILES string of the molecule is CSCCC(NC(=O)C(N)CO)C(=O)NC(Cc1ccc(O)cc1)C(=O)NC(CC(C)C)C(=O)O. The number of thioether (sulfide) groups is 1. The van der Waals surface area contributed by atoms with Gasteiger partial charge in [-0.15, -0.1) is 0 Å². The van der Waals surface area contributed by atoms with E-state index in [1.165, 1.54) is 23.9 Å². The molecule has 4 atom stereocenters. The number of aliphatic carboxylic acids is 1. The third-order valence-corrected chi connectivity index (χ3v) is 5.75. The predicted molar refractivity (Wildman–Crippen MR) is 133 cm³/mol. The fourth-order valence-corrected chi connectivity index (χ4v) is 3.65. The lowest BCUT2D eigenvalue weighted by molar-refractivity contribution is -0.142. The minimum Gasteiger partial charge on any atom is -0.508 e. The van der Waals surface area contributed by atoms with Gasteiger partial charge in [0.05, 0.1) is 6.61 Å². The van der Waals surface area contributed by atoms with Crippen LogP contribution in [0.1, 0.15) is 32.3 Å². The van der Waals surface area contributed by atoms with E-state index in [1.54, 1.807) is 12.1 Å². The van der Waals surface area contributed by atoms with Crippen molar-refractivity contribution in [3.8, 4) is 5.75 Å². The van der Waals surface area contributed by atoms with Gasteiger partial charge in [-0.1, -0.05) is 26.0 Å². The van der Waals surface area contributed by atoms with E-state index in [1.807, 2.05) is 20.1 Å². The van der Waals surface area contributed by atoms with Crippen LogP contribution in [0.15, 0.2) is 24.3 Å². The molecule has 0 aliphatic heterocycles. The Bertz CT molecular complexity index is 851. The average molecular weight is 513 g/mol. The Balaban J connectivity index is 3.13. The zero-order valence-corrected chi connectivity index (χ0v) is 21.0. The molecule has 35 heavy (non-hydrogen) atoms. The van der Waals surface area contributed by atoms with Gasteiger partial charge in [-0.25, -0.2) is 4.79 Å². The Morgan fingerprint density at radius 1 is 0.943 bits per heavy atom. The molecule has 196 valence electrons. The summed E-state index contributed by atoms with van der Waals surface area (Å²) in [7, 11) is 0. The fraction of sp³-hybridized carbons (Fsp3) is 0.565. The first kappa shape index (κ1) is 30.2. The van der Waals surface area contributed by atoms with Crippen LogP contribution in [0.4, 0.5) is 0 Å². The van der Waals surface area contributed by atoms with Crippen LogP contribution in [-0.4, -0.2) is 81.8 Å². The normalized spacial score (nSPS) is 14.5. The van der Waals surface area contributed by atoms with Gasteiger partial charge in [-0.05, 0) is 48.5 Å². The number of hydrogen-bond acceptors (Lipinski definition) is 8. The monoisotopic (exact) mass is 512 g/mol. The number of carbonyl (C=O) groups excluding carboxylic acids is 3. The molecular weight excluding hydrogens is 476 g/mol. The van der Waals surface area contributed by atoms with Gasteiger partial charge in [0.25, 0.3) is 0 Å². The van der Waals surface area contributed by atoms with Gasteiger partial charge in [-0.3, -0.25) is 14.4 Å². The molecule has 0 aliphatic rings. The molecule has 0 aromatic heterocycles. The number of carbonyl (C=O) groups is 4. The number of aliphatic hydroxyl groups excluding tert-OH is 1. The molecule has 3 amide bonds. The first-order valence-corrected chi connectivity index (χ1v) is 12.6. The minimum absolute atomic E-state index is 0.00316. The molecule has 1 aromatic carbocycles. The summed E-state index contributed by atoms with van der Waals surface area (Å²) >= 11 is 1.45. The summed E-state index contributed by atoms with van der Waals surface area (Å²) in [5.74, 6) is -2.68. The molecule has 0 heterocycles. The van der Waals surface area contributed by atoms with E-state index < -0.39 is 54.5 Å². The van der Waals surface area contributed by atoms with E-state index in [2.05, 4.69) is 16.0 Å². The van der Waals surface area contributed by atoms with Crippen molar-refractivity contribution in [2.24, 2.45) is 11.7 Å². The lowest BCUT2D eigenvalue weighted by atomic mass is 10.0. The molecule has 11 nitrogen and oxygen atoms in total. The molecule has 4 unspecified atom stereocenters. The average Bonchev–Trinajstić information content (AvgIpc) is 2.80. The number of nitrogens with one attached hydrogen (secondary N) is 3. The van der Waals surface area contributed by atoms with Gasteiger partial charge in [0.1, 0.15) is 29.9 Å². The summed E-state index contributed by atoms with van der Waals surface area (Å²) in [4.78, 5) is 50.0. The van der Waals surface area contributed by atoms with E-state index in [9.17, 15) is 29.4 Å². The van der Waals surface area contributed by atoms with Crippen LogP contribution in [0, 0.1) is 5.92 Å². The maximum atomic E-state index is 13.1.